The molecule has 0 aliphatic rings. The number of hydrogen-bond donors (Lipinski definition) is 1. The first-order valence-electron chi connectivity index (χ1n) is 5.81. The number of carbonyl (C=O) groups is 1. The van der Waals surface area contributed by atoms with Crippen LogP contribution in [0, 0.1) is 0 Å². The zero-order valence-electron chi connectivity index (χ0n) is 11.2. The molecule has 0 fully saturated rings. The number of hydrogen-bond acceptors (Lipinski definition) is 4. The van der Waals surface area contributed by atoms with E-state index in [2.05, 4.69) is 5.16 Å². The van der Waals surface area contributed by atoms with Crippen LogP contribution in [-0.4, -0.2) is 22.5 Å². The lowest BCUT2D eigenvalue weighted by Gasteiger charge is -2.19. The van der Waals surface area contributed by atoms with Crippen molar-refractivity contribution in [2.24, 2.45) is 5.16 Å². The van der Waals surface area contributed by atoms with Crippen LogP contribution >= 0.6 is 0 Å². The van der Waals surface area contributed by atoms with Crippen LogP contribution in [0.1, 0.15) is 38.8 Å². The van der Waals surface area contributed by atoms with Gasteiger partial charge in [0.15, 0.2) is 0 Å². The summed E-state index contributed by atoms with van der Waals surface area (Å²) in [5.41, 5.74) is 1.78. The quantitative estimate of drug-likeness (QED) is 0.388. The third-order valence-corrected chi connectivity index (χ3v) is 2.29. The molecular weight excluding hydrogens is 230 g/mol. The number of ether oxygens (including phenoxy) is 1. The lowest BCUT2D eigenvalue weighted by Crippen LogP contribution is -2.24. The molecule has 0 spiro atoms. The van der Waals surface area contributed by atoms with Crippen LogP contribution in [0.4, 0.5) is 0 Å². The van der Waals surface area contributed by atoms with Gasteiger partial charge in [-0.2, -0.15) is 0 Å². The monoisotopic (exact) mass is 249 g/mol. The molecule has 0 aliphatic carbocycles. The highest BCUT2D eigenvalue weighted by atomic mass is 16.6. The second-order valence-corrected chi connectivity index (χ2v) is 5.15. The Morgan fingerprint density at radius 2 is 1.83 bits per heavy atom. The molecule has 0 unspecified atom stereocenters. The molecule has 1 N–H and O–H groups in total. The Morgan fingerprint density at radius 1 is 1.28 bits per heavy atom. The average molecular weight is 249 g/mol. The standard InChI is InChI=1S/C14H19NO3/c1-10(15-17)12-7-5-11(6-8-12)9-13(16)18-14(2,3)4/h5-8,17H,9H2,1-4H3/b15-10+. The van der Waals surface area contributed by atoms with Gasteiger partial charge in [-0.15, -0.1) is 0 Å². The molecule has 1 aromatic carbocycles. The van der Waals surface area contributed by atoms with Crippen LogP contribution in [0.15, 0.2) is 29.4 Å². The van der Waals surface area contributed by atoms with Gasteiger partial charge in [0.1, 0.15) is 5.60 Å². The summed E-state index contributed by atoms with van der Waals surface area (Å²) < 4.78 is 5.24. The van der Waals surface area contributed by atoms with E-state index in [-0.39, 0.29) is 12.4 Å². The first-order chi connectivity index (χ1) is 8.31. The topological polar surface area (TPSA) is 58.9 Å². The van der Waals surface area contributed by atoms with E-state index in [1.807, 2.05) is 45.0 Å². The molecule has 0 amide bonds. The Bertz CT molecular complexity index is 441. The molecule has 0 aromatic heterocycles. The van der Waals surface area contributed by atoms with Gasteiger partial charge in [0.2, 0.25) is 0 Å². The molecule has 0 radical (unpaired) electrons. The molecule has 0 saturated carbocycles. The predicted octanol–water partition coefficient (Wildman–Crippen LogP) is 2.77. The highest BCUT2D eigenvalue weighted by Crippen LogP contribution is 2.11. The minimum absolute atomic E-state index is 0.243. The number of esters is 1. The molecular formula is C14H19NO3. The summed E-state index contributed by atoms with van der Waals surface area (Å²) in [6.07, 6.45) is 0.243. The van der Waals surface area contributed by atoms with E-state index in [1.54, 1.807) is 6.92 Å². The fourth-order valence-corrected chi connectivity index (χ4v) is 1.47. The average Bonchev–Trinajstić information content (AvgIpc) is 2.26. The molecule has 0 saturated heterocycles. The maximum Gasteiger partial charge on any atom is 0.310 e. The van der Waals surface area contributed by atoms with Crippen molar-refractivity contribution in [3.8, 4) is 0 Å². The van der Waals surface area contributed by atoms with Gasteiger partial charge in [0.25, 0.3) is 0 Å². The van der Waals surface area contributed by atoms with E-state index < -0.39 is 5.60 Å². The lowest BCUT2D eigenvalue weighted by atomic mass is 10.1. The molecule has 98 valence electrons. The first kappa shape index (κ1) is 14.2. The van der Waals surface area contributed by atoms with Crippen molar-refractivity contribution in [1.82, 2.24) is 0 Å². The van der Waals surface area contributed by atoms with Crippen LogP contribution in [0.3, 0.4) is 0 Å². The predicted molar refractivity (Wildman–Crippen MR) is 70.0 cm³/mol. The van der Waals surface area contributed by atoms with Crippen molar-refractivity contribution in [3.05, 3.63) is 35.4 Å². The second kappa shape index (κ2) is 5.67. The van der Waals surface area contributed by atoms with Crippen LogP contribution < -0.4 is 0 Å². The Balaban J connectivity index is 2.67. The summed E-state index contributed by atoms with van der Waals surface area (Å²) in [6, 6.07) is 7.28. The lowest BCUT2D eigenvalue weighted by molar-refractivity contribution is -0.153. The largest absolute Gasteiger partial charge is 0.460 e. The molecule has 0 heterocycles. The second-order valence-electron chi connectivity index (χ2n) is 5.15. The molecule has 1 aromatic rings. The highest BCUT2D eigenvalue weighted by Gasteiger charge is 2.16. The molecule has 1 rings (SSSR count). The minimum Gasteiger partial charge on any atom is -0.460 e. The Morgan fingerprint density at radius 3 is 2.28 bits per heavy atom. The van der Waals surface area contributed by atoms with Gasteiger partial charge < -0.3 is 9.94 Å². The Labute approximate surface area is 107 Å². The third kappa shape index (κ3) is 4.57. The number of oxime groups is 1. The van der Waals surface area contributed by atoms with E-state index in [1.165, 1.54) is 0 Å². The van der Waals surface area contributed by atoms with E-state index in [4.69, 9.17) is 9.94 Å². The summed E-state index contributed by atoms with van der Waals surface area (Å²) in [4.78, 5) is 11.6. The van der Waals surface area contributed by atoms with Crippen molar-refractivity contribution in [3.63, 3.8) is 0 Å². The Hall–Kier alpha value is -1.84. The van der Waals surface area contributed by atoms with Crippen molar-refractivity contribution in [1.29, 1.82) is 0 Å². The van der Waals surface area contributed by atoms with Gasteiger partial charge >= 0.3 is 5.97 Å². The molecule has 4 nitrogen and oxygen atoms in total. The molecule has 18 heavy (non-hydrogen) atoms. The zero-order valence-corrected chi connectivity index (χ0v) is 11.2. The van der Waals surface area contributed by atoms with Gasteiger partial charge in [0.05, 0.1) is 12.1 Å². The zero-order chi connectivity index (χ0) is 13.8. The Kier molecular flexibility index (Phi) is 4.48. The first-order valence-corrected chi connectivity index (χ1v) is 5.81. The van der Waals surface area contributed by atoms with Gasteiger partial charge in [-0.1, -0.05) is 29.4 Å². The third-order valence-electron chi connectivity index (χ3n) is 2.29. The van der Waals surface area contributed by atoms with Crippen LogP contribution in [0.25, 0.3) is 0 Å². The van der Waals surface area contributed by atoms with Crippen molar-refractivity contribution in [2.45, 2.75) is 39.7 Å². The van der Waals surface area contributed by atoms with E-state index in [0.717, 1.165) is 11.1 Å². The number of carbonyl (C=O) groups excluding carboxylic acids is 1. The summed E-state index contributed by atoms with van der Waals surface area (Å²) >= 11 is 0. The van der Waals surface area contributed by atoms with Gasteiger partial charge in [0, 0.05) is 0 Å². The van der Waals surface area contributed by atoms with Crippen molar-refractivity contribution in [2.75, 3.05) is 0 Å². The number of nitrogens with zero attached hydrogens (tertiary/aromatic N) is 1. The highest BCUT2D eigenvalue weighted by molar-refractivity contribution is 5.98. The SMILES string of the molecule is C/C(=N\O)c1ccc(CC(=O)OC(C)(C)C)cc1. The summed E-state index contributed by atoms with van der Waals surface area (Å²) in [5.74, 6) is -0.247. The minimum atomic E-state index is -0.461. The van der Waals surface area contributed by atoms with Crippen molar-refractivity contribution < 1.29 is 14.7 Å². The van der Waals surface area contributed by atoms with E-state index in [0.29, 0.717) is 5.71 Å². The van der Waals surface area contributed by atoms with Crippen LogP contribution in [0.2, 0.25) is 0 Å². The van der Waals surface area contributed by atoms with E-state index >= 15 is 0 Å². The molecule has 4 heteroatoms. The summed E-state index contributed by atoms with van der Waals surface area (Å²) in [7, 11) is 0. The number of rotatable bonds is 3. The van der Waals surface area contributed by atoms with Crippen LogP contribution in [-0.2, 0) is 16.0 Å². The summed E-state index contributed by atoms with van der Waals surface area (Å²) in [5, 5.41) is 11.8. The van der Waals surface area contributed by atoms with E-state index in [9.17, 15) is 4.79 Å². The maximum atomic E-state index is 11.6. The van der Waals surface area contributed by atoms with Gasteiger partial charge in [-0.05, 0) is 38.8 Å². The molecule has 0 aliphatic heterocycles. The molecule has 0 atom stereocenters. The smallest absolute Gasteiger partial charge is 0.310 e. The van der Waals surface area contributed by atoms with Gasteiger partial charge in [-0.25, -0.2) is 0 Å². The van der Waals surface area contributed by atoms with Crippen molar-refractivity contribution >= 4 is 11.7 Å². The van der Waals surface area contributed by atoms with Crippen LogP contribution in [0.5, 0.6) is 0 Å². The normalized spacial score (nSPS) is 12.3. The molecule has 0 bridgehead atoms. The summed E-state index contributed by atoms with van der Waals surface area (Å²) in [6.45, 7) is 7.24. The fraction of sp³-hybridized carbons (Fsp3) is 0.429. The number of benzene rings is 1. The fourth-order valence-electron chi connectivity index (χ4n) is 1.47. The maximum absolute atomic E-state index is 11.6. The van der Waals surface area contributed by atoms with Gasteiger partial charge in [-0.3, -0.25) is 4.79 Å².